The van der Waals surface area contributed by atoms with Gasteiger partial charge in [0.2, 0.25) is 0 Å². The van der Waals surface area contributed by atoms with Crippen LogP contribution in [0.5, 0.6) is 0 Å². The van der Waals surface area contributed by atoms with Gasteiger partial charge in [0.05, 0.1) is 12.6 Å². The van der Waals surface area contributed by atoms with E-state index in [0.717, 1.165) is 12.2 Å². The van der Waals surface area contributed by atoms with Crippen LogP contribution in [0.4, 0.5) is 4.39 Å². The molecule has 0 aromatic heterocycles. The molecule has 1 fully saturated rings. The SMILES string of the molecule is NC(COCC1CCCCC1)c1ccc(F)cc1. The van der Waals surface area contributed by atoms with Gasteiger partial charge in [-0.3, -0.25) is 0 Å². The number of hydrogen-bond acceptors (Lipinski definition) is 2. The number of ether oxygens (including phenoxy) is 1. The van der Waals surface area contributed by atoms with Gasteiger partial charge in [-0.05, 0) is 36.5 Å². The summed E-state index contributed by atoms with van der Waals surface area (Å²) in [5.41, 5.74) is 6.94. The third-order valence-corrected chi connectivity index (χ3v) is 3.67. The molecule has 1 atom stereocenters. The van der Waals surface area contributed by atoms with Crippen molar-refractivity contribution in [1.29, 1.82) is 0 Å². The Kier molecular flexibility index (Phi) is 5.14. The van der Waals surface area contributed by atoms with Crippen LogP contribution in [0.15, 0.2) is 24.3 Å². The van der Waals surface area contributed by atoms with E-state index in [4.69, 9.17) is 10.5 Å². The largest absolute Gasteiger partial charge is 0.379 e. The Bertz CT molecular complexity index is 346. The molecule has 0 spiro atoms. The molecule has 2 nitrogen and oxygen atoms in total. The van der Waals surface area contributed by atoms with Crippen LogP contribution in [0, 0.1) is 11.7 Å². The van der Waals surface area contributed by atoms with E-state index in [-0.39, 0.29) is 11.9 Å². The van der Waals surface area contributed by atoms with Gasteiger partial charge in [-0.1, -0.05) is 31.4 Å². The molecule has 0 radical (unpaired) electrons. The van der Waals surface area contributed by atoms with Gasteiger partial charge in [-0.15, -0.1) is 0 Å². The zero-order valence-corrected chi connectivity index (χ0v) is 10.8. The molecule has 100 valence electrons. The molecule has 3 heteroatoms. The summed E-state index contributed by atoms with van der Waals surface area (Å²) in [4.78, 5) is 0. The first kappa shape index (κ1) is 13.5. The fraction of sp³-hybridized carbons (Fsp3) is 0.600. The quantitative estimate of drug-likeness (QED) is 0.870. The summed E-state index contributed by atoms with van der Waals surface area (Å²) < 4.78 is 18.5. The average Bonchev–Trinajstić information content (AvgIpc) is 2.40. The zero-order valence-electron chi connectivity index (χ0n) is 10.8. The molecular weight excluding hydrogens is 229 g/mol. The van der Waals surface area contributed by atoms with Crippen LogP contribution in [-0.4, -0.2) is 13.2 Å². The van der Waals surface area contributed by atoms with Gasteiger partial charge in [0.25, 0.3) is 0 Å². The third kappa shape index (κ3) is 4.07. The normalized spacial score (nSPS) is 18.8. The van der Waals surface area contributed by atoms with Gasteiger partial charge < -0.3 is 10.5 Å². The van der Waals surface area contributed by atoms with E-state index in [1.165, 1.54) is 44.2 Å². The molecular formula is C15H22FNO. The summed E-state index contributed by atoms with van der Waals surface area (Å²) in [7, 11) is 0. The van der Waals surface area contributed by atoms with Gasteiger partial charge in [-0.25, -0.2) is 4.39 Å². The van der Waals surface area contributed by atoms with E-state index in [1.54, 1.807) is 12.1 Å². The Hall–Kier alpha value is -0.930. The maximum Gasteiger partial charge on any atom is 0.123 e. The van der Waals surface area contributed by atoms with Gasteiger partial charge in [0.15, 0.2) is 0 Å². The monoisotopic (exact) mass is 251 g/mol. The highest BCUT2D eigenvalue weighted by atomic mass is 19.1. The summed E-state index contributed by atoms with van der Waals surface area (Å²) >= 11 is 0. The molecule has 1 saturated carbocycles. The van der Waals surface area contributed by atoms with Crippen molar-refractivity contribution in [2.75, 3.05) is 13.2 Å². The van der Waals surface area contributed by atoms with Gasteiger partial charge in [-0.2, -0.15) is 0 Å². The molecule has 1 aliphatic carbocycles. The minimum atomic E-state index is -0.228. The number of benzene rings is 1. The van der Waals surface area contributed by atoms with Crippen LogP contribution >= 0.6 is 0 Å². The van der Waals surface area contributed by atoms with E-state index < -0.39 is 0 Å². The Morgan fingerprint density at radius 2 is 1.83 bits per heavy atom. The molecule has 1 aromatic carbocycles. The Morgan fingerprint density at radius 3 is 2.50 bits per heavy atom. The molecule has 0 aliphatic heterocycles. The van der Waals surface area contributed by atoms with E-state index in [9.17, 15) is 4.39 Å². The minimum Gasteiger partial charge on any atom is -0.379 e. The molecule has 1 aromatic rings. The van der Waals surface area contributed by atoms with E-state index in [2.05, 4.69) is 0 Å². The van der Waals surface area contributed by atoms with E-state index in [0.29, 0.717) is 12.5 Å². The fourth-order valence-corrected chi connectivity index (χ4v) is 2.52. The standard InChI is InChI=1S/C15H22FNO/c16-14-8-6-13(7-9-14)15(17)11-18-10-12-4-2-1-3-5-12/h6-9,12,15H,1-5,10-11,17H2. The van der Waals surface area contributed by atoms with Gasteiger partial charge in [0.1, 0.15) is 5.82 Å². The van der Waals surface area contributed by atoms with Gasteiger partial charge in [0, 0.05) is 6.61 Å². The lowest BCUT2D eigenvalue weighted by molar-refractivity contribution is 0.0759. The van der Waals surface area contributed by atoms with E-state index >= 15 is 0 Å². The summed E-state index contributed by atoms with van der Waals surface area (Å²) in [6.07, 6.45) is 6.60. The molecule has 1 aliphatic rings. The smallest absolute Gasteiger partial charge is 0.123 e. The van der Waals surface area contributed by atoms with Crippen LogP contribution in [0.25, 0.3) is 0 Å². The highest BCUT2D eigenvalue weighted by Crippen LogP contribution is 2.24. The molecule has 0 heterocycles. The third-order valence-electron chi connectivity index (χ3n) is 3.67. The van der Waals surface area contributed by atoms with Crippen molar-refractivity contribution in [3.8, 4) is 0 Å². The predicted molar refractivity (Wildman–Crippen MR) is 70.7 cm³/mol. The van der Waals surface area contributed by atoms with Crippen molar-refractivity contribution in [1.82, 2.24) is 0 Å². The number of rotatable bonds is 5. The summed E-state index contributed by atoms with van der Waals surface area (Å²) in [6, 6.07) is 6.18. The van der Waals surface area contributed by atoms with Crippen molar-refractivity contribution in [2.45, 2.75) is 38.1 Å². The lowest BCUT2D eigenvalue weighted by Crippen LogP contribution is -2.20. The molecule has 0 bridgehead atoms. The lowest BCUT2D eigenvalue weighted by Gasteiger charge is -2.22. The van der Waals surface area contributed by atoms with Crippen molar-refractivity contribution in [3.05, 3.63) is 35.6 Å². The molecule has 0 amide bonds. The molecule has 18 heavy (non-hydrogen) atoms. The second-order valence-electron chi connectivity index (χ2n) is 5.20. The van der Waals surface area contributed by atoms with Crippen molar-refractivity contribution in [2.24, 2.45) is 11.7 Å². The molecule has 2 rings (SSSR count). The zero-order chi connectivity index (χ0) is 12.8. The first-order valence-corrected chi connectivity index (χ1v) is 6.84. The van der Waals surface area contributed by atoms with Crippen molar-refractivity contribution in [3.63, 3.8) is 0 Å². The van der Waals surface area contributed by atoms with Crippen LogP contribution in [0.3, 0.4) is 0 Å². The van der Waals surface area contributed by atoms with Crippen LogP contribution in [-0.2, 0) is 4.74 Å². The topological polar surface area (TPSA) is 35.2 Å². The highest BCUT2D eigenvalue weighted by molar-refractivity contribution is 5.19. The van der Waals surface area contributed by atoms with E-state index in [1.807, 2.05) is 0 Å². The summed E-state index contributed by atoms with van der Waals surface area (Å²) in [5, 5.41) is 0. The molecule has 2 N–H and O–H groups in total. The number of hydrogen-bond donors (Lipinski definition) is 1. The minimum absolute atomic E-state index is 0.158. The number of nitrogens with two attached hydrogens (primary N) is 1. The van der Waals surface area contributed by atoms with Crippen LogP contribution in [0.1, 0.15) is 43.7 Å². The average molecular weight is 251 g/mol. The summed E-state index contributed by atoms with van der Waals surface area (Å²) in [6.45, 7) is 1.33. The second kappa shape index (κ2) is 6.86. The fourth-order valence-electron chi connectivity index (χ4n) is 2.52. The van der Waals surface area contributed by atoms with Crippen molar-refractivity contribution >= 4 is 0 Å². The maximum absolute atomic E-state index is 12.8. The highest BCUT2D eigenvalue weighted by Gasteiger charge is 2.14. The van der Waals surface area contributed by atoms with Gasteiger partial charge >= 0.3 is 0 Å². The lowest BCUT2D eigenvalue weighted by atomic mass is 9.90. The molecule has 0 saturated heterocycles. The van der Waals surface area contributed by atoms with Crippen molar-refractivity contribution < 1.29 is 9.13 Å². The molecule has 1 unspecified atom stereocenters. The maximum atomic E-state index is 12.8. The first-order valence-electron chi connectivity index (χ1n) is 6.84. The number of halogens is 1. The van der Waals surface area contributed by atoms with Crippen LogP contribution in [0.2, 0.25) is 0 Å². The Morgan fingerprint density at radius 1 is 1.17 bits per heavy atom. The Balaban J connectivity index is 1.70. The summed E-state index contributed by atoms with van der Waals surface area (Å²) in [5.74, 6) is 0.480. The van der Waals surface area contributed by atoms with Crippen LogP contribution < -0.4 is 5.73 Å². The Labute approximate surface area is 108 Å². The first-order chi connectivity index (χ1) is 8.75. The predicted octanol–water partition coefficient (Wildman–Crippen LogP) is 3.42. The second-order valence-corrected chi connectivity index (χ2v) is 5.20.